The molecule has 17 heavy (non-hydrogen) atoms. The molecule has 0 saturated heterocycles. The van der Waals surface area contributed by atoms with Gasteiger partial charge >= 0.3 is 0 Å². The van der Waals surface area contributed by atoms with Crippen molar-refractivity contribution in [2.75, 3.05) is 11.1 Å². The summed E-state index contributed by atoms with van der Waals surface area (Å²) in [7, 11) is 0. The fourth-order valence-electron chi connectivity index (χ4n) is 1.64. The predicted molar refractivity (Wildman–Crippen MR) is 75.5 cm³/mol. The van der Waals surface area contributed by atoms with Gasteiger partial charge in [0.25, 0.3) is 0 Å². The number of nitrogens with zero attached hydrogens (tertiary/aromatic N) is 1. The summed E-state index contributed by atoms with van der Waals surface area (Å²) in [5.74, 6) is 0.688. The van der Waals surface area contributed by atoms with E-state index in [2.05, 4.69) is 32.3 Å². The molecule has 0 atom stereocenters. The lowest BCUT2D eigenvalue weighted by Crippen LogP contribution is -1.99. The van der Waals surface area contributed by atoms with Crippen LogP contribution in [0.15, 0.2) is 34.9 Å². The second-order valence-electron chi connectivity index (χ2n) is 4.09. The van der Waals surface area contributed by atoms with Gasteiger partial charge in [-0.05, 0) is 49.2 Å². The summed E-state index contributed by atoms with van der Waals surface area (Å²) in [4.78, 5) is 4.28. The lowest BCUT2D eigenvalue weighted by atomic mass is 10.2. The van der Waals surface area contributed by atoms with Gasteiger partial charge in [-0.15, -0.1) is 0 Å². The Kier molecular flexibility index (Phi) is 3.33. The van der Waals surface area contributed by atoms with Crippen molar-refractivity contribution in [3.63, 3.8) is 0 Å². The average Bonchev–Trinajstić information content (AvgIpc) is 2.21. The highest BCUT2D eigenvalue weighted by atomic mass is 79.9. The molecule has 0 amide bonds. The van der Waals surface area contributed by atoms with Crippen LogP contribution in [0.5, 0.6) is 0 Å². The van der Waals surface area contributed by atoms with Crippen molar-refractivity contribution in [1.82, 2.24) is 4.98 Å². The Morgan fingerprint density at radius 2 is 1.88 bits per heavy atom. The van der Waals surface area contributed by atoms with E-state index >= 15 is 0 Å². The SMILES string of the molecule is Cc1cc(Br)cc(Nc2ncc(C)cc2N)c1. The second kappa shape index (κ2) is 4.75. The number of hydrogen-bond donors (Lipinski definition) is 2. The molecule has 3 N–H and O–H groups in total. The maximum absolute atomic E-state index is 5.91. The molecule has 0 saturated carbocycles. The number of anilines is 3. The van der Waals surface area contributed by atoms with Crippen LogP contribution in [0.4, 0.5) is 17.2 Å². The topological polar surface area (TPSA) is 50.9 Å². The molecule has 0 aliphatic heterocycles. The van der Waals surface area contributed by atoms with Gasteiger partial charge in [0.05, 0.1) is 5.69 Å². The highest BCUT2D eigenvalue weighted by Gasteiger charge is 2.02. The number of hydrogen-bond acceptors (Lipinski definition) is 3. The molecule has 0 radical (unpaired) electrons. The van der Waals surface area contributed by atoms with E-state index in [-0.39, 0.29) is 0 Å². The quantitative estimate of drug-likeness (QED) is 0.885. The number of aryl methyl sites for hydroxylation is 2. The molecule has 4 heteroatoms. The number of benzene rings is 1. The van der Waals surface area contributed by atoms with Crippen LogP contribution in [0.2, 0.25) is 0 Å². The zero-order chi connectivity index (χ0) is 12.4. The largest absolute Gasteiger partial charge is 0.396 e. The van der Waals surface area contributed by atoms with Crippen molar-refractivity contribution in [1.29, 1.82) is 0 Å². The molecule has 1 aromatic carbocycles. The zero-order valence-corrected chi connectivity index (χ0v) is 11.4. The van der Waals surface area contributed by atoms with E-state index in [0.29, 0.717) is 11.5 Å². The smallest absolute Gasteiger partial charge is 0.153 e. The molecule has 2 rings (SSSR count). The molecule has 3 nitrogen and oxygen atoms in total. The number of nitrogens with one attached hydrogen (secondary N) is 1. The summed E-state index contributed by atoms with van der Waals surface area (Å²) >= 11 is 3.46. The highest BCUT2D eigenvalue weighted by Crippen LogP contribution is 2.24. The predicted octanol–water partition coefficient (Wildman–Crippen LogP) is 3.79. The van der Waals surface area contributed by atoms with Crippen LogP contribution in [0, 0.1) is 13.8 Å². The maximum atomic E-state index is 5.91. The van der Waals surface area contributed by atoms with Gasteiger partial charge in [-0.1, -0.05) is 15.9 Å². The lowest BCUT2D eigenvalue weighted by molar-refractivity contribution is 1.26. The maximum Gasteiger partial charge on any atom is 0.153 e. The number of rotatable bonds is 2. The average molecular weight is 292 g/mol. The minimum Gasteiger partial charge on any atom is -0.396 e. The van der Waals surface area contributed by atoms with E-state index in [1.807, 2.05) is 32.0 Å². The van der Waals surface area contributed by atoms with Gasteiger partial charge in [-0.25, -0.2) is 4.98 Å². The minimum absolute atomic E-state index is 0.655. The molecule has 0 unspecified atom stereocenters. The Labute approximate surface area is 109 Å². The van der Waals surface area contributed by atoms with Crippen molar-refractivity contribution in [2.24, 2.45) is 0 Å². The molecule has 1 aromatic heterocycles. The summed E-state index contributed by atoms with van der Waals surface area (Å²) in [6.45, 7) is 4.01. The Morgan fingerprint density at radius 1 is 1.12 bits per heavy atom. The van der Waals surface area contributed by atoms with E-state index in [1.165, 1.54) is 5.56 Å². The fourth-order valence-corrected chi connectivity index (χ4v) is 2.25. The molecule has 0 fully saturated rings. The van der Waals surface area contributed by atoms with Crippen molar-refractivity contribution in [3.05, 3.63) is 46.1 Å². The first-order valence-electron chi connectivity index (χ1n) is 5.31. The molecule has 0 bridgehead atoms. The third-order valence-corrected chi connectivity index (χ3v) is 2.82. The first-order chi connectivity index (χ1) is 8.04. The number of pyridine rings is 1. The van der Waals surface area contributed by atoms with Crippen LogP contribution >= 0.6 is 15.9 Å². The summed E-state index contributed by atoms with van der Waals surface area (Å²) in [6.07, 6.45) is 1.80. The number of nitrogens with two attached hydrogens (primary N) is 1. The standard InChI is InChI=1S/C13H14BrN3/c1-8-3-10(14)6-11(4-8)17-13-12(15)5-9(2)7-16-13/h3-7H,15H2,1-2H3,(H,16,17). The summed E-state index contributed by atoms with van der Waals surface area (Å²) < 4.78 is 1.03. The van der Waals surface area contributed by atoms with E-state index in [9.17, 15) is 0 Å². The minimum atomic E-state index is 0.655. The number of nitrogen functional groups attached to an aromatic ring is 1. The highest BCUT2D eigenvalue weighted by molar-refractivity contribution is 9.10. The van der Waals surface area contributed by atoms with Gasteiger partial charge in [0.15, 0.2) is 5.82 Å². The Bertz CT molecular complexity index is 532. The van der Waals surface area contributed by atoms with Gasteiger partial charge in [-0.3, -0.25) is 0 Å². The summed E-state index contributed by atoms with van der Waals surface area (Å²) in [5, 5.41) is 3.21. The van der Waals surface area contributed by atoms with Crippen LogP contribution in [0.1, 0.15) is 11.1 Å². The van der Waals surface area contributed by atoms with E-state index in [1.54, 1.807) is 6.20 Å². The summed E-state index contributed by atoms with van der Waals surface area (Å²) in [5.41, 5.74) is 9.76. The third kappa shape index (κ3) is 2.97. The third-order valence-electron chi connectivity index (χ3n) is 2.36. The molecule has 1 heterocycles. The normalized spacial score (nSPS) is 10.3. The van der Waals surface area contributed by atoms with Crippen molar-refractivity contribution >= 4 is 33.1 Å². The fraction of sp³-hybridized carbons (Fsp3) is 0.154. The van der Waals surface area contributed by atoms with E-state index in [4.69, 9.17) is 5.73 Å². The van der Waals surface area contributed by atoms with Crippen LogP contribution in [0.25, 0.3) is 0 Å². The van der Waals surface area contributed by atoms with Gasteiger partial charge in [0.1, 0.15) is 0 Å². The van der Waals surface area contributed by atoms with Gasteiger partial charge < -0.3 is 11.1 Å². The Morgan fingerprint density at radius 3 is 2.53 bits per heavy atom. The van der Waals surface area contributed by atoms with Gasteiger partial charge in [0, 0.05) is 16.4 Å². The van der Waals surface area contributed by atoms with Crippen molar-refractivity contribution in [2.45, 2.75) is 13.8 Å². The zero-order valence-electron chi connectivity index (χ0n) is 9.79. The number of halogens is 1. The van der Waals surface area contributed by atoms with Crippen LogP contribution in [0.3, 0.4) is 0 Å². The number of aromatic nitrogens is 1. The monoisotopic (exact) mass is 291 g/mol. The van der Waals surface area contributed by atoms with Crippen LogP contribution in [-0.4, -0.2) is 4.98 Å². The van der Waals surface area contributed by atoms with E-state index < -0.39 is 0 Å². The van der Waals surface area contributed by atoms with E-state index in [0.717, 1.165) is 15.7 Å². The molecule has 0 aliphatic rings. The van der Waals surface area contributed by atoms with Crippen LogP contribution in [-0.2, 0) is 0 Å². The second-order valence-corrected chi connectivity index (χ2v) is 5.01. The van der Waals surface area contributed by atoms with Crippen LogP contribution < -0.4 is 11.1 Å². The molecule has 2 aromatic rings. The molecule has 0 aliphatic carbocycles. The Hall–Kier alpha value is -1.55. The Balaban J connectivity index is 2.31. The first kappa shape index (κ1) is 11.9. The summed E-state index contributed by atoms with van der Waals surface area (Å²) in [6, 6.07) is 8.00. The van der Waals surface area contributed by atoms with Crippen molar-refractivity contribution in [3.8, 4) is 0 Å². The molecule has 88 valence electrons. The lowest BCUT2D eigenvalue weighted by Gasteiger charge is -2.10. The first-order valence-corrected chi connectivity index (χ1v) is 6.10. The molecular weight excluding hydrogens is 278 g/mol. The van der Waals surface area contributed by atoms with Gasteiger partial charge in [0.2, 0.25) is 0 Å². The van der Waals surface area contributed by atoms with Crippen molar-refractivity contribution < 1.29 is 0 Å². The molecular formula is C13H14BrN3. The molecule has 0 spiro atoms. The van der Waals surface area contributed by atoms with Gasteiger partial charge in [-0.2, -0.15) is 0 Å².